The molecule has 1 N–H and O–H groups in total. The van der Waals surface area contributed by atoms with Crippen molar-refractivity contribution in [3.63, 3.8) is 0 Å². The molecule has 28 heavy (non-hydrogen) atoms. The van der Waals surface area contributed by atoms with Gasteiger partial charge in [0.2, 0.25) is 0 Å². The Morgan fingerprint density at radius 2 is 1.86 bits per heavy atom. The van der Waals surface area contributed by atoms with Crippen LogP contribution in [0.15, 0.2) is 54.2 Å². The summed E-state index contributed by atoms with van der Waals surface area (Å²) in [5, 5.41) is 2.95. The van der Waals surface area contributed by atoms with Gasteiger partial charge in [-0.1, -0.05) is 24.3 Å². The van der Waals surface area contributed by atoms with Crippen LogP contribution in [-0.4, -0.2) is 35.5 Å². The highest BCUT2D eigenvalue weighted by atomic mass is 32.1. The standard InChI is InChI=1S/C20H17FN2O4S/c1-26-18(24)11-23-19(25)17(22-20(23)28)10-13-4-8-16(9-5-13)27-12-14-2-6-15(21)7-3-14/h2-10H,11-12H2,1H3,(H,22,28)/b17-10-. The molecule has 6 nitrogen and oxygen atoms in total. The van der Waals surface area contributed by atoms with E-state index in [0.717, 1.165) is 16.0 Å². The first-order valence-electron chi connectivity index (χ1n) is 8.35. The van der Waals surface area contributed by atoms with Gasteiger partial charge in [-0.3, -0.25) is 14.5 Å². The summed E-state index contributed by atoms with van der Waals surface area (Å²) in [5.74, 6) is -0.602. The van der Waals surface area contributed by atoms with Gasteiger partial charge >= 0.3 is 5.97 Å². The van der Waals surface area contributed by atoms with Gasteiger partial charge in [-0.15, -0.1) is 0 Å². The average Bonchev–Trinajstić information content (AvgIpc) is 2.96. The second-order valence-corrected chi connectivity index (χ2v) is 6.33. The van der Waals surface area contributed by atoms with Gasteiger partial charge < -0.3 is 14.8 Å². The molecule has 0 atom stereocenters. The molecule has 3 rings (SSSR count). The maximum Gasteiger partial charge on any atom is 0.325 e. The van der Waals surface area contributed by atoms with Crippen LogP contribution in [0.25, 0.3) is 6.08 Å². The van der Waals surface area contributed by atoms with Crippen molar-refractivity contribution in [2.45, 2.75) is 6.61 Å². The van der Waals surface area contributed by atoms with Crippen LogP contribution in [0.4, 0.5) is 4.39 Å². The van der Waals surface area contributed by atoms with E-state index in [1.54, 1.807) is 42.5 Å². The van der Waals surface area contributed by atoms with Crippen molar-refractivity contribution in [1.29, 1.82) is 0 Å². The van der Waals surface area contributed by atoms with E-state index in [4.69, 9.17) is 17.0 Å². The molecule has 8 heteroatoms. The Morgan fingerprint density at radius 3 is 2.50 bits per heavy atom. The topological polar surface area (TPSA) is 67.9 Å². The zero-order chi connectivity index (χ0) is 20.1. The molecule has 1 aliphatic rings. The van der Waals surface area contributed by atoms with Gasteiger partial charge in [0.25, 0.3) is 5.91 Å². The number of thiocarbonyl (C=S) groups is 1. The van der Waals surface area contributed by atoms with Crippen molar-refractivity contribution < 1.29 is 23.5 Å². The lowest BCUT2D eigenvalue weighted by Crippen LogP contribution is -2.35. The number of ether oxygens (including phenoxy) is 2. The van der Waals surface area contributed by atoms with Crippen molar-refractivity contribution in [2.24, 2.45) is 0 Å². The van der Waals surface area contributed by atoms with E-state index < -0.39 is 11.9 Å². The first-order valence-corrected chi connectivity index (χ1v) is 8.76. The Kier molecular flexibility index (Phi) is 6.00. The molecule has 0 bridgehead atoms. The number of nitrogens with one attached hydrogen (secondary N) is 1. The Morgan fingerprint density at radius 1 is 1.18 bits per heavy atom. The smallest absolute Gasteiger partial charge is 0.325 e. The number of esters is 1. The minimum absolute atomic E-state index is 0.154. The molecule has 1 aliphatic heterocycles. The van der Waals surface area contributed by atoms with Gasteiger partial charge in [0.15, 0.2) is 5.11 Å². The third kappa shape index (κ3) is 4.72. The molecular weight excluding hydrogens is 383 g/mol. The minimum atomic E-state index is -0.554. The lowest BCUT2D eigenvalue weighted by atomic mass is 10.2. The Hall–Kier alpha value is -3.26. The van der Waals surface area contributed by atoms with Gasteiger partial charge in [0.1, 0.15) is 30.4 Å². The van der Waals surface area contributed by atoms with Gasteiger partial charge in [-0.05, 0) is 53.7 Å². The molecule has 2 aromatic rings. The Balaban J connectivity index is 1.63. The third-order valence-electron chi connectivity index (χ3n) is 3.99. The van der Waals surface area contributed by atoms with Crippen molar-refractivity contribution in [1.82, 2.24) is 10.2 Å². The number of nitrogens with zero attached hydrogens (tertiary/aromatic N) is 1. The van der Waals surface area contributed by atoms with E-state index >= 15 is 0 Å². The number of carbonyl (C=O) groups is 2. The van der Waals surface area contributed by atoms with E-state index in [0.29, 0.717) is 12.4 Å². The molecule has 0 unspecified atom stereocenters. The lowest BCUT2D eigenvalue weighted by Gasteiger charge is -2.11. The third-order valence-corrected chi connectivity index (χ3v) is 4.31. The first kappa shape index (κ1) is 19.5. The molecule has 0 aliphatic carbocycles. The summed E-state index contributed by atoms with van der Waals surface area (Å²) >= 11 is 5.09. The normalized spacial score (nSPS) is 14.9. The van der Waals surface area contributed by atoms with Crippen LogP contribution < -0.4 is 10.1 Å². The number of hydrogen-bond acceptors (Lipinski definition) is 5. The summed E-state index contributed by atoms with van der Waals surface area (Å²) in [5.41, 5.74) is 1.88. The number of carbonyl (C=O) groups excluding carboxylic acids is 2. The number of hydrogen-bond donors (Lipinski definition) is 1. The number of benzene rings is 2. The highest BCUT2D eigenvalue weighted by Crippen LogP contribution is 2.18. The fourth-order valence-electron chi connectivity index (χ4n) is 2.48. The highest BCUT2D eigenvalue weighted by Gasteiger charge is 2.32. The number of halogens is 1. The molecule has 0 saturated carbocycles. The SMILES string of the molecule is COC(=O)CN1C(=O)/C(=C/c2ccc(OCc3ccc(F)cc3)cc2)NC1=S. The Labute approximate surface area is 166 Å². The number of rotatable bonds is 6. The van der Waals surface area contributed by atoms with Crippen LogP contribution in [0.1, 0.15) is 11.1 Å². The summed E-state index contributed by atoms with van der Waals surface area (Å²) in [7, 11) is 1.25. The summed E-state index contributed by atoms with van der Waals surface area (Å²) in [4.78, 5) is 24.9. The van der Waals surface area contributed by atoms with Gasteiger partial charge in [-0.2, -0.15) is 0 Å². The molecule has 0 spiro atoms. The average molecular weight is 400 g/mol. The molecule has 1 amide bonds. The van der Waals surface area contributed by atoms with Crippen LogP contribution in [-0.2, 0) is 20.9 Å². The molecule has 1 heterocycles. The number of amides is 1. The largest absolute Gasteiger partial charge is 0.489 e. The lowest BCUT2D eigenvalue weighted by molar-refractivity contribution is -0.143. The van der Waals surface area contributed by atoms with Crippen LogP contribution >= 0.6 is 12.2 Å². The zero-order valence-electron chi connectivity index (χ0n) is 15.0. The van der Waals surface area contributed by atoms with Gasteiger partial charge in [0.05, 0.1) is 7.11 Å². The van der Waals surface area contributed by atoms with E-state index in [-0.39, 0.29) is 23.2 Å². The minimum Gasteiger partial charge on any atom is -0.489 e. The molecule has 0 radical (unpaired) electrons. The molecule has 1 fully saturated rings. The van der Waals surface area contributed by atoms with Crippen LogP contribution in [0.5, 0.6) is 5.75 Å². The quantitative estimate of drug-likeness (QED) is 0.457. The van der Waals surface area contributed by atoms with Crippen LogP contribution in [0, 0.1) is 5.82 Å². The number of methoxy groups -OCH3 is 1. The van der Waals surface area contributed by atoms with Crippen LogP contribution in [0.3, 0.4) is 0 Å². The van der Waals surface area contributed by atoms with E-state index in [9.17, 15) is 14.0 Å². The van der Waals surface area contributed by atoms with E-state index in [1.165, 1.54) is 19.2 Å². The second kappa shape index (κ2) is 8.62. The van der Waals surface area contributed by atoms with Gasteiger partial charge in [0, 0.05) is 0 Å². The molecule has 1 saturated heterocycles. The van der Waals surface area contributed by atoms with Crippen molar-refractivity contribution in [2.75, 3.05) is 13.7 Å². The molecule has 0 aromatic heterocycles. The zero-order valence-corrected chi connectivity index (χ0v) is 15.8. The predicted molar refractivity (Wildman–Crippen MR) is 105 cm³/mol. The molecule has 2 aromatic carbocycles. The van der Waals surface area contributed by atoms with Crippen molar-refractivity contribution in [3.8, 4) is 5.75 Å². The van der Waals surface area contributed by atoms with Gasteiger partial charge in [-0.25, -0.2) is 4.39 Å². The van der Waals surface area contributed by atoms with Crippen molar-refractivity contribution in [3.05, 3.63) is 71.2 Å². The summed E-state index contributed by atoms with van der Waals surface area (Å²) in [6.07, 6.45) is 1.63. The van der Waals surface area contributed by atoms with E-state index in [2.05, 4.69) is 10.1 Å². The summed E-state index contributed by atoms with van der Waals surface area (Å²) in [6.45, 7) is 0.0756. The van der Waals surface area contributed by atoms with Crippen molar-refractivity contribution >= 4 is 35.3 Å². The highest BCUT2D eigenvalue weighted by molar-refractivity contribution is 7.80. The van der Waals surface area contributed by atoms with E-state index in [1.807, 2.05) is 0 Å². The maximum atomic E-state index is 12.9. The second-order valence-electron chi connectivity index (χ2n) is 5.94. The summed E-state index contributed by atoms with van der Waals surface area (Å²) in [6, 6.07) is 13.2. The first-order chi connectivity index (χ1) is 13.5. The summed E-state index contributed by atoms with van der Waals surface area (Å²) < 4.78 is 23.1. The maximum absolute atomic E-state index is 12.9. The monoisotopic (exact) mass is 400 g/mol. The predicted octanol–water partition coefficient (Wildman–Crippen LogP) is 2.64. The molecule has 144 valence electrons. The van der Waals surface area contributed by atoms with Crippen LogP contribution in [0.2, 0.25) is 0 Å². The molecular formula is C20H17FN2O4S. The Bertz CT molecular complexity index is 926. The fraction of sp³-hybridized carbons (Fsp3) is 0.150. The fourth-order valence-corrected chi connectivity index (χ4v) is 2.74.